The summed E-state index contributed by atoms with van der Waals surface area (Å²) in [6, 6.07) is 0. The minimum absolute atomic E-state index is 0.230. The quantitative estimate of drug-likeness (QED) is 0.621. The first-order valence-corrected chi connectivity index (χ1v) is 9.46. The molecule has 4 atom stereocenters. The van der Waals surface area contributed by atoms with Gasteiger partial charge in [-0.25, -0.2) is 0 Å². The fraction of sp³-hybridized carbons (Fsp3) is 0.850. The molecule has 2 N–H and O–H groups in total. The van der Waals surface area contributed by atoms with Crippen LogP contribution in [0, 0.1) is 29.6 Å². The summed E-state index contributed by atoms with van der Waals surface area (Å²) in [5.41, 5.74) is -2.14. The molecule has 1 aliphatic rings. The topological polar surface area (TPSA) is 91.7 Å². The van der Waals surface area contributed by atoms with Gasteiger partial charge in [-0.15, -0.1) is 0 Å². The highest BCUT2D eigenvalue weighted by molar-refractivity contribution is 6.27. The molecule has 0 aromatic heterocycles. The van der Waals surface area contributed by atoms with Gasteiger partial charge in [0, 0.05) is 5.92 Å². The molecule has 1 aliphatic carbocycles. The summed E-state index contributed by atoms with van der Waals surface area (Å²) < 4.78 is 0. The normalized spacial score (nSPS) is 28.4. The Morgan fingerprint density at radius 1 is 1.00 bits per heavy atom. The maximum Gasteiger partial charge on any atom is 0.185 e. The van der Waals surface area contributed by atoms with Crippen molar-refractivity contribution in [3.05, 3.63) is 0 Å². The molecule has 144 valence electrons. The van der Waals surface area contributed by atoms with Crippen LogP contribution in [0.4, 0.5) is 0 Å². The van der Waals surface area contributed by atoms with Gasteiger partial charge in [0.15, 0.2) is 23.0 Å². The number of aliphatic hydroxyl groups is 2. The van der Waals surface area contributed by atoms with Gasteiger partial charge in [0.2, 0.25) is 0 Å². The standard InChI is InChI=1S/C20H34O5/c1-11(2)7-9-14-18(23)16(17(22)13(5)6)19(24)20(14,25)15(21)10-8-12(3)4/h11-16,21,25H,7-10H2,1-6H3/t14?,15-,16?,20+/m1/s1. The molecule has 0 heterocycles. The van der Waals surface area contributed by atoms with E-state index in [2.05, 4.69) is 0 Å². The molecule has 1 fully saturated rings. The van der Waals surface area contributed by atoms with Crippen LogP contribution < -0.4 is 0 Å². The van der Waals surface area contributed by atoms with Gasteiger partial charge >= 0.3 is 0 Å². The maximum atomic E-state index is 12.9. The van der Waals surface area contributed by atoms with Crippen molar-refractivity contribution >= 4 is 17.3 Å². The number of aliphatic hydroxyl groups excluding tert-OH is 1. The van der Waals surface area contributed by atoms with E-state index in [0.717, 1.165) is 0 Å². The zero-order chi connectivity index (χ0) is 19.5. The van der Waals surface area contributed by atoms with Crippen LogP contribution in [0.3, 0.4) is 0 Å². The van der Waals surface area contributed by atoms with Crippen molar-refractivity contribution in [2.45, 2.75) is 78.9 Å². The highest BCUT2D eigenvalue weighted by Crippen LogP contribution is 2.42. The lowest BCUT2D eigenvalue weighted by Crippen LogP contribution is -2.52. The Morgan fingerprint density at radius 3 is 1.96 bits per heavy atom. The van der Waals surface area contributed by atoms with Crippen LogP contribution in [0.5, 0.6) is 0 Å². The van der Waals surface area contributed by atoms with Crippen molar-refractivity contribution < 1.29 is 24.6 Å². The lowest BCUT2D eigenvalue weighted by Gasteiger charge is -2.33. The molecule has 5 nitrogen and oxygen atoms in total. The number of hydrogen-bond donors (Lipinski definition) is 2. The Labute approximate surface area is 151 Å². The molecular weight excluding hydrogens is 320 g/mol. The van der Waals surface area contributed by atoms with Gasteiger partial charge in [0.25, 0.3) is 0 Å². The van der Waals surface area contributed by atoms with Crippen molar-refractivity contribution in [2.75, 3.05) is 0 Å². The molecule has 0 bridgehead atoms. The average Bonchev–Trinajstić information content (AvgIpc) is 2.69. The van der Waals surface area contributed by atoms with E-state index in [4.69, 9.17) is 0 Å². The molecule has 1 saturated carbocycles. The van der Waals surface area contributed by atoms with E-state index in [-0.39, 0.29) is 6.42 Å². The van der Waals surface area contributed by atoms with E-state index < -0.39 is 46.8 Å². The lowest BCUT2D eigenvalue weighted by molar-refractivity contribution is -0.158. The number of Topliss-reactive ketones (excluding diaryl/α,β-unsaturated/α-hetero) is 3. The van der Waals surface area contributed by atoms with E-state index in [1.54, 1.807) is 13.8 Å². The van der Waals surface area contributed by atoms with E-state index in [1.807, 2.05) is 27.7 Å². The average molecular weight is 354 g/mol. The lowest BCUT2D eigenvalue weighted by atomic mass is 9.78. The van der Waals surface area contributed by atoms with Gasteiger partial charge < -0.3 is 10.2 Å². The molecule has 0 aromatic rings. The smallest absolute Gasteiger partial charge is 0.185 e. The second-order valence-corrected chi connectivity index (χ2v) is 8.59. The largest absolute Gasteiger partial charge is 0.390 e. The van der Waals surface area contributed by atoms with Crippen LogP contribution in [0.1, 0.15) is 67.2 Å². The first-order valence-electron chi connectivity index (χ1n) is 9.46. The van der Waals surface area contributed by atoms with E-state index in [0.29, 0.717) is 31.1 Å². The molecule has 25 heavy (non-hydrogen) atoms. The summed E-state index contributed by atoms with van der Waals surface area (Å²) in [5.74, 6) is -4.10. The third kappa shape index (κ3) is 4.56. The van der Waals surface area contributed by atoms with Gasteiger partial charge in [-0.2, -0.15) is 0 Å². The second-order valence-electron chi connectivity index (χ2n) is 8.59. The first-order chi connectivity index (χ1) is 11.4. The molecule has 0 aliphatic heterocycles. The van der Waals surface area contributed by atoms with Crippen molar-refractivity contribution in [2.24, 2.45) is 29.6 Å². The molecule has 1 rings (SSSR count). The Morgan fingerprint density at radius 2 is 1.52 bits per heavy atom. The van der Waals surface area contributed by atoms with Crippen LogP contribution in [-0.2, 0) is 14.4 Å². The minimum atomic E-state index is -2.14. The molecule has 0 aromatic carbocycles. The first kappa shape index (κ1) is 22.0. The second kappa shape index (κ2) is 8.54. The molecule has 0 saturated heterocycles. The zero-order valence-electron chi connectivity index (χ0n) is 16.4. The van der Waals surface area contributed by atoms with Crippen molar-refractivity contribution in [3.8, 4) is 0 Å². The third-order valence-electron chi connectivity index (χ3n) is 5.23. The van der Waals surface area contributed by atoms with Crippen molar-refractivity contribution in [3.63, 3.8) is 0 Å². The summed E-state index contributed by atoms with van der Waals surface area (Å²) >= 11 is 0. The predicted molar refractivity (Wildman–Crippen MR) is 95.9 cm³/mol. The fourth-order valence-corrected chi connectivity index (χ4v) is 3.52. The minimum Gasteiger partial charge on any atom is -0.390 e. The van der Waals surface area contributed by atoms with E-state index in [9.17, 15) is 24.6 Å². The van der Waals surface area contributed by atoms with Crippen LogP contribution in [-0.4, -0.2) is 39.3 Å². The highest BCUT2D eigenvalue weighted by Gasteiger charge is 2.64. The number of rotatable bonds is 9. The number of carbonyl (C=O) groups excluding carboxylic acids is 3. The summed E-state index contributed by atoms with van der Waals surface area (Å²) in [6.45, 7) is 11.2. The molecule has 2 unspecified atom stereocenters. The Balaban J connectivity index is 3.20. The van der Waals surface area contributed by atoms with Gasteiger partial charge in [-0.3, -0.25) is 14.4 Å². The molecule has 0 spiro atoms. The van der Waals surface area contributed by atoms with E-state index in [1.165, 1.54) is 0 Å². The van der Waals surface area contributed by atoms with Crippen LogP contribution in [0.15, 0.2) is 0 Å². The number of carbonyl (C=O) groups is 3. The predicted octanol–water partition coefficient (Wildman–Crippen LogP) is 2.56. The number of ketones is 3. The van der Waals surface area contributed by atoms with Gasteiger partial charge in [0.1, 0.15) is 5.92 Å². The Bertz CT molecular complexity index is 508. The summed E-state index contributed by atoms with van der Waals surface area (Å²) in [5, 5.41) is 21.7. The van der Waals surface area contributed by atoms with Gasteiger partial charge in [-0.1, -0.05) is 48.0 Å². The summed E-state index contributed by atoms with van der Waals surface area (Å²) in [6.07, 6.45) is 0.483. The van der Waals surface area contributed by atoms with Crippen LogP contribution >= 0.6 is 0 Å². The molecule has 0 radical (unpaired) electrons. The van der Waals surface area contributed by atoms with Crippen molar-refractivity contribution in [1.29, 1.82) is 0 Å². The SMILES string of the molecule is CC(C)CCC1C(=O)C(C(=O)C(C)C)C(=O)[C@@]1(O)[C@H](O)CCC(C)C. The Kier molecular flexibility index (Phi) is 7.51. The molecule has 0 amide bonds. The number of hydrogen-bond acceptors (Lipinski definition) is 5. The summed E-state index contributed by atoms with van der Waals surface area (Å²) in [7, 11) is 0. The van der Waals surface area contributed by atoms with E-state index >= 15 is 0 Å². The summed E-state index contributed by atoms with van der Waals surface area (Å²) in [4.78, 5) is 38.1. The monoisotopic (exact) mass is 354 g/mol. The van der Waals surface area contributed by atoms with Crippen LogP contribution in [0.25, 0.3) is 0 Å². The molecule has 5 heteroatoms. The maximum absolute atomic E-state index is 12.9. The van der Waals surface area contributed by atoms with Gasteiger partial charge in [-0.05, 0) is 31.1 Å². The van der Waals surface area contributed by atoms with Crippen LogP contribution in [0.2, 0.25) is 0 Å². The van der Waals surface area contributed by atoms with Gasteiger partial charge in [0.05, 0.1) is 12.0 Å². The van der Waals surface area contributed by atoms with Crippen molar-refractivity contribution in [1.82, 2.24) is 0 Å². The Hall–Kier alpha value is -1.07. The fourth-order valence-electron chi connectivity index (χ4n) is 3.52. The molecular formula is C20H34O5. The third-order valence-corrected chi connectivity index (χ3v) is 5.23. The zero-order valence-corrected chi connectivity index (χ0v) is 16.4. The highest BCUT2D eigenvalue weighted by atomic mass is 16.4.